The van der Waals surface area contributed by atoms with E-state index in [-0.39, 0.29) is 28.9 Å². The highest BCUT2D eigenvalue weighted by Crippen LogP contribution is 2.26. The van der Waals surface area contributed by atoms with E-state index in [4.69, 9.17) is 27.9 Å². The summed E-state index contributed by atoms with van der Waals surface area (Å²) in [4.78, 5) is 23.9. The van der Waals surface area contributed by atoms with Crippen LogP contribution < -0.4 is 5.32 Å². The van der Waals surface area contributed by atoms with Gasteiger partial charge in [0, 0.05) is 11.4 Å². The van der Waals surface area contributed by atoms with Gasteiger partial charge in [-0.15, -0.1) is 0 Å². The molecule has 0 aliphatic carbocycles. The van der Waals surface area contributed by atoms with Crippen molar-refractivity contribution in [3.8, 4) is 0 Å². The van der Waals surface area contributed by atoms with Crippen molar-refractivity contribution in [2.45, 2.75) is 25.9 Å². The average Bonchev–Trinajstić information content (AvgIpc) is 2.80. The van der Waals surface area contributed by atoms with Crippen LogP contribution in [0.1, 0.15) is 19.8 Å². The zero-order valence-corrected chi connectivity index (χ0v) is 15.2. The molecule has 1 aliphatic heterocycles. The van der Waals surface area contributed by atoms with Gasteiger partial charge >= 0.3 is 5.97 Å². The van der Waals surface area contributed by atoms with Crippen LogP contribution >= 0.6 is 23.2 Å². The number of sulfone groups is 1. The summed E-state index contributed by atoms with van der Waals surface area (Å²) in [6.45, 7) is 1.43. The van der Waals surface area contributed by atoms with Crippen molar-refractivity contribution in [3.05, 3.63) is 28.2 Å². The van der Waals surface area contributed by atoms with E-state index in [1.807, 2.05) is 0 Å². The molecule has 2 atom stereocenters. The number of amides is 1. The third-order valence-corrected chi connectivity index (χ3v) is 6.03. The third kappa shape index (κ3) is 5.36. The first-order valence-electron chi connectivity index (χ1n) is 7.32. The molecule has 0 unspecified atom stereocenters. The van der Waals surface area contributed by atoms with E-state index >= 15 is 0 Å². The Morgan fingerprint density at radius 1 is 1.38 bits per heavy atom. The Kier molecular flexibility index (Phi) is 6.11. The number of esters is 1. The fourth-order valence-electron chi connectivity index (χ4n) is 2.39. The highest BCUT2D eigenvalue weighted by atomic mass is 35.5. The Morgan fingerprint density at radius 2 is 2.08 bits per heavy atom. The van der Waals surface area contributed by atoms with Crippen LogP contribution in [-0.2, 0) is 24.2 Å². The summed E-state index contributed by atoms with van der Waals surface area (Å²) < 4.78 is 27.8. The second-order valence-electron chi connectivity index (χ2n) is 5.72. The Labute approximate surface area is 150 Å². The van der Waals surface area contributed by atoms with Crippen LogP contribution in [0.2, 0.25) is 10.0 Å². The first-order chi connectivity index (χ1) is 11.2. The zero-order chi connectivity index (χ0) is 17.9. The molecular weight excluding hydrogens is 377 g/mol. The minimum Gasteiger partial charge on any atom is -0.453 e. The molecule has 1 N–H and O–H groups in total. The molecule has 1 fully saturated rings. The van der Waals surface area contributed by atoms with Gasteiger partial charge in [0.25, 0.3) is 5.91 Å². The zero-order valence-electron chi connectivity index (χ0n) is 12.9. The predicted octanol–water partition coefficient (Wildman–Crippen LogP) is 2.69. The van der Waals surface area contributed by atoms with Crippen molar-refractivity contribution >= 4 is 50.6 Å². The summed E-state index contributed by atoms with van der Waals surface area (Å²) in [6, 6.07) is 4.59. The molecule has 0 bridgehead atoms. The van der Waals surface area contributed by atoms with Crippen molar-refractivity contribution in [2.75, 3.05) is 16.8 Å². The molecule has 1 aromatic carbocycles. The molecule has 1 aromatic rings. The maximum atomic E-state index is 12.0. The molecular formula is C15H17Cl2NO5S. The third-order valence-electron chi connectivity index (χ3n) is 3.65. The van der Waals surface area contributed by atoms with Crippen molar-refractivity contribution in [3.63, 3.8) is 0 Å². The molecule has 9 heteroatoms. The minimum atomic E-state index is -3.05. The van der Waals surface area contributed by atoms with Gasteiger partial charge in [-0.05, 0) is 37.5 Å². The number of hydrogen-bond donors (Lipinski definition) is 1. The number of hydrogen-bond acceptors (Lipinski definition) is 5. The lowest BCUT2D eigenvalue weighted by Crippen LogP contribution is -2.30. The highest BCUT2D eigenvalue weighted by Gasteiger charge is 2.30. The lowest BCUT2D eigenvalue weighted by Gasteiger charge is -2.15. The lowest BCUT2D eigenvalue weighted by atomic mass is 10.1. The summed E-state index contributed by atoms with van der Waals surface area (Å²) in [5, 5.41) is 3.25. The molecule has 1 amide bonds. The Morgan fingerprint density at radius 3 is 2.67 bits per heavy atom. The second kappa shape index (κ2) is 7.72. The molecule has 0 radical (unpaired) electrons. The molecule has 1 saturated heterocycles. The van der Waals surface area contributed by atoms with Crippen LogP contribution in [0.4, 0.5) is 5.69 Å². The van der Waals surface area contributed by atoms with E-state index in [1.165, 1.54) is 13.0 Å². The summed E-state index contributed by atoms with van der Waals surface area (Å²) in [6.07, 6.45) is -0.598. The van der Waals surface area contributed by atoms with Crippen molar-refractivity contribution < 1.29 is 22.7 Å². The van der Waals surface area contributed by atoms with Gasteiger partial charge in [0.2, 0.25) is 0 Å². The largest absolute Gasteiger partial charge is 0.453 e. The molecule has 1 aliphatic rings. The molecule has 0 saturated carbocycles. The summed E-state index contributed by atoms with van der Waals surface area (Å²) in [5.41, 5.74) is 0.357. The Hall–Kier alpha value is -1.31. The Bertz CT molecular complexity index is 750. The topological polar surface area (TPSA) is 89.5 Å². The van der Waals surface area contributed by atoms with Gasteiger partial charge in [-0.3, -0.25) is 9.59 Å². The fraction of sp³-hybridized carbons (Fsp3) is 0.467. The SMILES string of the molecule is C[C@@H](OC(=O)C[C@H]1CCS(=O)(=O)C1)C(=O)Nc1ccc(Cl)cc1Cl. The standard InChI is InChI=1S/C15H17Cl2NO5S/c1-9(15(20)18-13-3-2-11(16)7-12(13)17)23-14(19)6-10-4-5-24(21,22)8-10/h2-3,7,9-10H,4-6,8H2,1H3,(H,18,20)/t9-,10-/m1/s1. The van der Waals surface area contributed by atoms with Crippen LogP contribution in [-0.4, -0.2) is 37.9 Å². The number of nitrogens with one attached hydrogen (secondary N) is 1. The normalized spacial score (nSPS) is 20.4. The molecule has 24 heavy (non-hydrogen) atoms. The van der Waals surface area contributed by atoms with E-state index in [9.17, 15) is 18.0 Å². The minimum absolute atomic E-state index is 0.0109. The van der Waals surface area contributed by atoms with E-state index in [0.29, 0.717) is 17.1 Å². The first kappa shape index (κ1) is 19.0. The number of halogens is 2. The number of carbonyl (C=O) groups is 2. The van der Waals surface area contributed by atoms with Crippen molar-refractivity contribution in [1.29, 1.82) is 0 Å². The molecule has 0 aromatic heterocycles. The summed E-state index contributed by atoms with van der Waals surface area (Å²) in [5.74, 6) is -1.30. The van der Waals surface area contributed by atoms with E-state index in [2.05, 4.69) is 5.32 Å². The molecule has 1 heterocycles. The van der Waals surface area contributed by atoms with Gasteiger partial charge in [-0.2, -0.15) is 0 Å². The maximum absolute atomic E-state index is 12.0. The van der Waals surface area contributed by atoms with Crippen LogP contribution in [0.5, 0.6) is 0 Å². The van der Waals surface area contributed by atoms with Crippen LogP contribution in [0.25, 0.3) is 0 Å². The van der Waals surface area contributed by atoms with Gasteiger partial charge in [-0.1, -0.05) is 23.2 Å². The van der Waals surface area contributed by atoms with Gasteiger partial charge in [0.15, 0.2) is 15.9 Å². The predicted molar refractivity (Wildman–Crippen MR) is 92.0 cm³/mol. The van der Waals surface area contributed by atoms with Gasteiger partial charge in [-0.25, -0.2) is 8.42 Å². The van der Waals surface area contributed by atoms with Gasteiger partial charge < -0.3 is 10.1 Å². The quantitative estimate of drug-likeness (QED) is 0.776. The van der Waals surface area contributed by atoms with Crippen LogP contribution in [0.15, 0.2) is 18.2 Å². The average molecular weight is 394 g/mol. The molecule has 6 nitrogen and oxygen atoms in total. The number of anilines is 1. The molecule has 0 spiro atoms. The van der Waals surface area contributed by atoms with Gasteiger partial charge in [0.1, 0.15) is 0 Å². The lowest BCUT2D eigenvalue weighted by molar-refractivity contribution is -0.153. The maximum Gasteiger partial charge on any atom is 0.306 e. The second-order valence-corrected chi connectivity index (χ2v) is 8.79. The van der Waals surface area contributed by atoms with Crippen molar-refractivity contribution in [1.82, 2.24) is 0 Å². The number of benzene rings is 1. The number of ether oxygens (including phenoxy) is 1. The summed E-state index contributed by atoms with van der Waals surface area (Å²) in [7, 11) is -3.05. The fourth-order valence-corrected chi connectivity index (χ4v) is 4.71. The molecule has 132 valence electrons. The first-order valence-corrected chi connectivity index (χ1v) is 9.90. The van der Waals surface area contributed by atoms with E-state index < -0.39 is 27.8 Å². The number of carbonyl (C=O) groups excluding carboxylic acids is 2. The van der Waals surface area contributed by atoms with Gasteiger partial charge in [0.05, 0.1) is 22.2 Å². The smallest absolute Gasteiger partial charge is 0.306 e. The monoisotopic (exact) mass is 393 g/mol. The van der Waals surface area contributed by atoms with E-state index in [0.717, 1.165) is 0 Å². The number of rotatable bonds is 5. The van der Waals surface area contributed by atoms with Crippen molar-refractivity contribution in [2.24, 2.45) is 5.92 Å². The van der Waals surface area contributed by atoms with E-state index in [1.54, 1.807) is 12.1 Å². The van der Waals surface area contributed by atoms with Crippen LogP contribution in [0.3, 0.4) is 0 Å². The van der Waals surface area contributed by atoms with Crippen LogP contribution in [0, 0.1) is 5.92 Å². The summed E-state index contributed by atoms with van der Waals surface area (Å²) >= 11 is 11.7. The Balaban J connectivity index is 1.86. The highest BCUT2D eigenvalue weighted by molar-refractivity contribution is 7.91. The molecule has 2 rings (SSSR count).